The summed E-state index contributed by atoms with van der Waals surface area (Å²) in [6, 6.07) is 3.34. The molecule has 0 bridgehead atoms. The van der Waals surface area contributed by atoms with Gasteiger partial charge in [-0.2, -0.15) is 0 Å². The van der Waals surface area contributed by atoms with E-state index in [2.05, 4.69) is 9.97 Å². The number of nitrogen functional groups attached to an aromatic ring is 1. The Labute approximate surface area is 87.8 Å². The van der Waals surface area contributed by atoms with E-state index in [4.69, 9.17) is 11.5 Å². The maximum Gasteiger partial charge on any atom is 0.130 e. The molecule has 0 aliphatic rings. The number of hydrogen-bond donors (Lipinski definition) is 2. The second kappa shape index (κ2) is 3.70. The van der Waals surface area contributed by atoms with Crippen molar-refractivity contribution in [2.45, 2.75) is 6.04 Å². The molecule has 2 aromatic heterocycles. The van der Waals surface area contributed by atoms with E-state index < -0.39 is 0 Å². The molecule has 2 rings (SSSR count). The molecule has 1 atom stereocenters. The van der Waals surface area contributed by atoms with Gasteiger partial charge >= 0.3 is 0 Å². The minimum atomic E-state index is -0.335. The van der Waals surface area contributed by atoms with Crippen molar-refractivity contribution in [1.82, 2.24) is 14.5 Å². The highest BCUT2D eigenvalue weighted by Crippen LogP contribution is 2.20. The van der Waals surface area contributed by atoms with E-state index in [1.165, 1.54) is 0 Å². The van der Waals surface area contributed by atoms with Crippen molar-refractivity contribution >= 4 is 5.82 Å². The van der Waals surface area contributed by atoms with Gasteiger partial charge in [0, 0.05) is 31.2 Å². The number of pyridine rings is 1. The molecule has 0 amide bonds. The summed E-state index contributed by atoms with van der Waals surface area (Å²) in [6.07, 6.45) is 5.20. The number of nitrogens with two attached hydrogens (primary N) is 2. The Morgan fingerprint density at radius 2 is 2.13 bits per heavy atom. The first-order valence-corrected chi connectivity index (χ1v) is 4.63. The Kier molecular flexibility index (Phi) is 2.39. The molecule has 2 heterocycles. The first-order valence-electron chi connectivity index (χ1n) is 4.63. The smallest absolute Gasteiger partial charge is 0.130 e. The normalized spacial score (nSPS) is 12.7. The minimum absolute atomic E-state index is 0.335. The average molecular weight is 203 g/mol. The Morgan fingerprint density at radius 3 is 2.73 bits per heavy atom. The third-order valence-electron chi connectivity index (χ3n) is 2.34. The predicted octanol–water partition coefficient (Wildman–Crippen LogP) is 0.445. The van der Waals surface area contributed by atoms with Crippen LogP contribution in [0.4, 0.5) is 5.82 Å². The molecule has 0 aliphatic carbocycles. The van der Waals surface area contributed by atoms with Crippen molar-refractivity contribution in [1.29, 1.82) is 0 Å². The molecule has 4 N–H and O–H groups in total. The predicted molar refractivity (Wildman–Crippen MR) is 57.9 cm³/mol. The van der Waals surface area contributed by atoms with Crippen LogP contribution in [0, 0.1) is 0 Å². The summed E-state index contributed by atoms with van der Waals surface area (Å²) in [4.78, 5) is 8.19. The SMILES string of the molecule is Cn1ccnc1C(N)c1cccnc1N. The van der Waals surface area contributed by atoms with Crippen molar-refractivity contribution in [2.24, 2.45) is 12.8 Å². The summed E-state index contributed by atoms with van der Waals surface area (Å²) >= 11 is 0. The van der Waals surface area contributed by atoms with E-state index in [0.29, 0.717) is 5.82 Å². The summed E-state index contributed by atoms with van der Waals surface area (Å²) in [7, 11) is 1.90. The van der Waals surface area contributed by atoms with Crippen LogP contribution in [0.15, 0.2) is 30.7 Å². The molecule has 0 spiro atoms. The van der Waals surface area contributed by atoms with Crippen LogP contribution in [0.3, 0.4) is 0 Å². The average Bonchev–Trinajstić information content (AvgIpc) is 2.64. The summed E-state index contributed by atoms with van der Waals surface area (Å²) in [5, 5.41) is 0. The van der Waals surface area contributed by atoms with Crippen LogP contribution < -0.4 is 11.5 Å². The lowest BCUT2D eigenvalue weighted by molar-refractivity contribution is 0.716. The molecule has 0 saturated carbocycles. The standard InChI is InChI=1S/C10H13N5/c1-15-6-5-14-10(15)8(11)7-3-2-4-13-9(7)12/h2-6,8H,11H2,1H3,(H2,12,13). The van der Waals surface area contributed by atoms with Crippen LogP contribution in [-0.4, -0.2) is 14.5 Å². The second-order valence-electron chi connectivity index (χ2n) is 3.35. The molecule has 0 saturated heterocycles. The molecular formula is C10H13N5. The van der Waals surface area contributed by atoms with Gasteiger partial charge in [-0.25, -0.2) is 9.97 Å². The number of anilines is 1. The fourth-order valence-corrected chi connectivity index (χ4v) is 1.51. The number of aryl methyl sites for hydroxylation is 1. The van der Waals surface area contributed by atoms with Gasteiger partial charge < -0.3 is 16.0 Å². The molecule has 78 valence electrons. The van der Waals surface area contributed by atoms with Crippen LogP contribution >= 0.6 is 0 Å². The molecule has 0 aromatic carbocycles. The van der Waals surface area contributed by atoms with Gasteiger partial charge in [-0.05, 0) is 6.07 Å². The second-order valence-corrected chi connectivity index (χ2v) is 3.35. The van der Waals surface area contributed by atoms with Gasteiger partial charge in [-0.15, -0.1) is 0 Å². The van der Waals surface area contributed by atoms with Gasteiger partial charge in [0.15, 0.2) is 0 Å². The largest absolute Gasteiger partial charge is 0.383 e. The van der Waals surface area contributed by atoms with Crippen molar-refractivity contribution < 1.29 is 0 Å². The lowest BCUT2D eigenvalue weighted by atomic mass is 10.1. The number of hydrogen-bond acceptors (Lipinski definition) is 4. The lowest BCUT2D eigenvalue weighted by Gasteiger charge is -2.13. The molecule has 5 heteroatoms. The van der Waals surface area contributed by atoms with E-state index in [1.807, 2.05) is 29.9 Å². The fourth-order valence-electron chi connectivity index (χ4n) is 1.51. The monoisotopic (exact) mass is 203 g/mol. The molecule has 0 fully saturated rings. The molecule has 5 nitrogen and oxygen atoms in total. The Morgan fingerprint density at radius 1 is 1.33 bits per heavy atom. The summed E-state index contributed by atoms with van der Waals surface area (Å²) in [5.41, 5.74) is 12.6. The van der Waals surface area contributed by atoms with E-state index in [1.54, 1.807) is 12.4 Å². The first-order chi connectivity index (χ1) is 7.20. The quantitative estimate of drug-likeness (QED) is 0.742. The van der Waals surface area contributed by atoms with Crippen LogP contribution in [0.1, 0.15) is 17.4 Å². The highest BCUT2D eigenvalue weighted by molar-refractivity contribution is 5.43. The maximum atomic E-state index is 6.06. The first kappa shape index (κ1) is 9.67. The van der Waals surface area contributed by atoms with E-state index in [9.17, 15) is 0 Å². The Balaban J connectivity index is 2.41. The molecule has 15 heavy (non-hydrogen) atoms. The summed E-state index contributed by atoms with van der Waals surface area (Å²) in [6.45, 7) is 0. The minimum Gasteiger partial charge on any atom is -0.383 e. The third kappa shape index (κ3) is 1.69. The van der Waals surface area contributed by atoms with Crippen molar-refractivity contribution in [3.63, 3.8) is 0 Å². The van der Waals surface area contributed by atoms with Crippen molar-refractivity contribution in [3.8, 4) is 0 Å². The number of aromatic nitrogens is 3. The summed E-state index contributed by atoms with van der Waals surface area (Å²) < 4.78 is 1.87. The van der Waals surface area contributed by atoms with Crippen LogP contribution in [0.5, 0.6) is 0 Å². The van der Waals surface area contributed by atoms with Gasteiger partial charge in [0.2, 0.25) is 0 Å². The van der Waals surface area contributed by atoms with Crippen molar-refractivity contribution in [2.75, 3.05) is 5.73 Å². The van der Waals surface area contributed by atoms with Gasteiger partial charge in [0.05, 0.1) is 6.04 Å². The third-order valence-corrected chi connectivity index (χ3v) is 2.34. The van der Waals surface area contributed by atoms with Gasteiger partial charge in [0.25, 0.3) is 0 Å². The van der Waals surface area contributed by atoms with Crippen molar-refractivity contribution in [3.05, 3.63) is 42.1 Å². The molecular weight excluding hydrogens is 190 g/mol. The fraction of sp³-hybridized carbons (Fsp3) is 0.200. The van der Waals surface area contributed by atoms with Crippen LogP contribution in [0.2, 0.25) is 0 Å². The van der Waals surface area contributed by atoms with E-state index in [-0.39, 0.29) is 6.04 Å². The molecule has 0 aliphatic heterocycles. The Bertz CT molecular complexity index is 462. The number of imidazole rings is 1. The topological polar surface area (TPSA) is 82.8 Å². The summed E-state index contributed by atoms with van der Waals surface area (Å²) in [5.74, 6) is 1.22. The zero-order chi connectivity index (χ0) is 10.8. The number of nitrogens with zero attached hydrogens (tertiary/aromatic N) is 3. The molecule has 0 radical (unpaired) electrons. The van der Waals surface area contributed by atoms with E-state index in [0.717, 1.165) is 11.4 Å². The van der Waals surface area contributed by atoms with Gasteiger partial charge in [-0.3, -0.25) is 0 Å². The zero-order valence-electron chi connectivity index (χ0n) is 8.46. The Hall–Kier alpha value is -1.88. The van der Waals surface area contributed by atoms with E-state index >= 15 is 0 Å². The molecule has 1 unspecified atom stereocenters. The lowest BCUT2D eigenvalue weighted by Crippen LogP contribution is -2.18. The maximum absolute atomic E-state index is 6.06. The van der Waals surface area contributed by atoms with Gasteiger partial charge in [-0.1, -0.05) is 6.07 Å². The highest BCUT2D eigenvalue weighted by Gasteiger charge is 2.15. The van der Waals surface area contributed by atoms with Gasteiger partial charge in [0.1, 0.15) is 11.6 Å². The van der Waals surface area contributed by atoms with Crippen LogP contribution in [-0.2, 0) is 7.05 Å². The number of rotatable bonds is 2. The highest BCUT2D eigenvalue weighted by atomic mass is 15.1. The zero-order valence-corrected chi connectivity index (χ0v) is 8.46. The van der Waals surface area contributed by atoms with Crippen LogP contribution in [0.25, 0.3) is 0 Å². The molecule has 2 aromatic rings.